The zero-order valence-corrected chi connectivity index (χ0v) is 16.6. The van der Waals surface area contributed by atoms with E-state index in [9.17, 15) is 4.79 Å². The first-order chi connectivity index (χ1) is 13.4. The first kappa shape index (κ1) is 18.8. The van der Waals surface area contributed by atoms with Crippen LogP contribution < -0.4 is 10.2 Å². The topological polar surface area (TPSA) is 76.6 Å². The van der Waals surface area contributed by atoms with E-state index < -0.39 is 5.79 Å². The lowest BCUT2D eigenvalue weighted by Gasteiger charge is -2.37. The summed E-state index contributed by atoms with van der Waals surface area (Å²) >= 11 is 0. The maximum absolute atomic E-state index is 12.8. The van der Waals surface area contributed by atoms with Crippen molar-refractivity contribution in [2.24, 2.45) is 0 Å². The van der Waals surface area contributed by atoms with Crippen LogP contribution in [0.1, 0.15) is 40.2 Å². The van der Waals surface area contributed by atoms with E-state index in [0.717, 1.165) is 48.4 Å². The van der Waals surface area contributed by atoms with Crippen LogP contribution in [0.15, 0.2) is 24.3 Å². The van der Waals surface area contributed by atoms with E-state index in [2.05, 4.69) is 20.2 Å². The molecule has 28 heavy (non-hydrogen) atoms. The molecule has 1 aromatic heterocycles. The summed E-state index contributed by atoms with van der Waals surface area (Å²) in [6.07, 6.45) is 1.54. The molecule has 0 atom stereocenters. The molecule has 1 amide bonds. The number of benzene rings is 1. The summed E-state index contributed by atoms with van der Waals surface area (Å²) in [5.41, 5.74) is 4.06. The molecule has 148 valence electrons. The highest BCUT2D eigenvalue weighted by Gasteiger charge is 2.40. The molecule has 1 spiro atoms. The van der Waals surface area contributed by atoms with Gasteiger partial charge < -0.3 is 19.7 Å². The van der Waals surface area contributed by atoms with Crippen molar-refractivity contribution in [1.82, 2.24) is 9.97 Å². The highest BCUT2D eigenvalue weighted by Crippen LogP contribution is 2.32. The van der Waals surface area contributed by atoms with Crippen LogP contribution in [0.2, 0.25) is 0 Å². The lowest BCUT2D eigenvalue weighted by molar-refractivity contribution is -0.169. The number of aromatic nitrogens is 2. The second-order valence-electron chi connectivity index (χ2n) is 7.56. The van der Waals surface area contributed by atoms with Gasteiger partial charge in [-0.05, 0) is 44.0 Å². The summed E-state index contributed by atoms with van der Waals surface area (Å²) in [6.45, 7) is 8.65. The number of carbonyl (C=O) groups excluding carboxylic acids is 1. The summed E-state index contributed by atoms with van der Waals surface area (Å²) in [5, 5.41) is 2.98. The Hall–Kier alpha value is -2.51. The van der Waals surface area contributed by atoms with Gasteiger partial charge in [0.05, 0.1) is 13.2 Å². The summed E-state index contributed by atoms with van der Waals surface area (Å²) in [5.74, 6) is -0.0844. The lowest BCUT2D eigenvalue weighted by Crippen LogP contribution is -2.45. The van der Waals surface area contributed by atoms with Gasteiger partial charge >= 0.3 is 0 Å². The van der Waals surface area contributed by atoms with Crippen LogP contribution in [0.5, 0.6) is 0 Å². The molecular formula is C21H26N4O3. The van der Waals surface area contributed by atoms with Gasteiger partial charge in [0, 0.05) is 37.3 Å². The van der Waals surface area contributed by atoms with Gasteiger partial charge in [-0.3, -0.25) is 4.79 Å². The van der Waals surface area contributed by atoms with Gasteiger partial charge in [-0.2, -0.15) is 0 Å². The van der Waals surface area contributed by atoms with E-state index in [-0.39, 0.29) is 5.91 Å². The molecular weight excluding hydrogens is 356 g/mol. The third kappa shape index (κ3) is 3.86. The predicted molar refractivity (Wildman–Crippen MR) is 107 cm³/mol. The van der Waals surface area contributed by atoms with Crippen LogP contribution in [-0.4, -0.2) is 48.0 Å². The number of aryl methyl sites for hydroxylation is 3. The molecule has 0 unspecified atom stereocenters. The number of anilines is 2. The number of nitrogens with one attached hydrogen (secondary N) is 1. The van der Waals surface area contributed by atoms with Gasteiger partial charge in [0.25, 0.3) is 5.91 Å². The third-order valence-electron chi connectivity index (χ3n) is 5.34. The van der Waals surface area contributed by atoms with Crippen LogP contribution >= 0.6 is 0 Å². The maximum atomic E-state index is 12.8. The average Bonchev–Trinajstić information content (AvgIpc) is 3.12. The monoisotopic (exact) mass is 382 g/mol. The number of ether oxygens (including phenoxy) is 2. The van der Waals surface area contributed by atoms with E-state index in [1.165, 1.54) is 0 Å². The minimum Gasteiger partial charge on any atom is -0.347 e. The molecule has 3 heterocycles. The summed E-state index contributed by atoms with van der Waals surface area (Å²) < 4.78 is 11.6. The fourth-order valence-corrected chi connectivity index (χ4v) is 3.70. The molecule has 4 rings (SSSR count). The van der Waals surface area contributed by atoms with E-state index in [1.54, 1.807) is 6.07 Å². The number of hydrogen-bond acceptors (Lipinski definition) is 6. The third-order valence-corrected chi connectivity index (χ3v) is 5.34. The van der Waals surface area contributed by atoms with Gasteiger partial charge in [-0.15, -0.1) is 0 Å². The molecule has 1 N–H and O–H groups in total. The molecule has 7 nitrogen and oxygen atoms in total. The minimum absolute atomic E-state index is 0.226. The van der Waals surface area contributed by atoms with Crippen LogP contribution in [0.25, 0.3) is 0 Å². The fraction of sp³-hybridized carbons (Fsp3) is 0.476. The Kier molecular flexibility index (Phi) is 5.03. The van der Waals surface area contributed by atoms with Crippen molar-refractivity contribution in [1.29, 1.82) is 0 Å². The maximum Gasteiger partial charge on any atom is 0.274 e. The van der Waals surface area contributed by atoms with Gasteiger partial charge in [0.15, 0.2) is 5.79 Å². The quantitative estimate of drug-likeness (QED) is 0.879. The molecule has 2 aromatic rings. The van der Waals surface area contributed by atoms with Gasteiger partial charge in [-0.1, -0.05) is 12.1 Å². The van der Waals surface area contributed by atoms with E-state index in [0.29, 0.717) is 24.9 Å². The largest absolute Gasteiger partial charge is 0.347 e. The van der Waals surface area contributed by atoms with Crippen LogP contribution in [0.3, 0.4) is 0 Å². The summed E-state index contributed by atoms with van der Waals surface area (Å²) in [7, 11) is 0. The highest BCUT2D eigenvalue weighted by molar-refractivity contribution is 6.03. The normalized spacial score (nSPS) is 18.5. The molecule has 2 aliphatic rings. The average molecular weight is 382 g/mol. The van der Waals surface area contributed by atoms with Crippen molar-refractivity contribution in [3.8, 4) is 0 Å². The number of hydrogen-bond donors (Lipinski definition) is 1. The molecule has 1 aromatic carbocycles. The number of amides is 1. The Morgan fingerprint density at radius 3 is 2.50 bits per heavy atom. The minimum atomic E-state index is -0.441. The first-order valence-electron chi connectivity index (χ1n) is 9.71. The molecule has 7 heteroatoms. The van der Waals surface area contributed by atoms with Crippen LogP contribution in [0.4, 0.5) is 11.6 Å². The van der Waals surface area contributed by atoms with E-state index in [4.69, 9.17) is 9.47 Å². The standard InChI is InChI=1S/C21H26N4O3/c1-14-4-5-15(2)17(12-14)23-19(26)18-13-16(3)22-20(24-18)25-8-6-21(7-9-25)27-10-11-28-21/h4-5,12-13H,6-11H2,1-3H3,(H,23,26). The first-order valence-corrected chi connectivity index (χ1v) is 9.71. The summed E-state index contributed by atoms with van der Waals surface area (Å²) in [4.78, 5) is 24.0. The molecule has 0 aliphatic carbocycles. The number of piperidine rings is 1. The second kappa shape index (κ2) is 7.48. The lowest BCUT2D eigenvalue weighted by atomic mass is 10.0. The van der Waals surface area contributed by atoms with Crippen molar-refractivity contribution in [2.45, 2.75) is 39.4 Å². The molecule has 2 saturated heterocycles. The van der Waals surface area contributed by atoms with Crippen molar-refractivity contribution in [2.75, 3.05) is 36.5 Å². The molecule has 2 aliphatic heterocycles. The van der Waals surface area contributed by atoms with Gasteiger partial charge in [-0.25, -0.2) is 9.97 Å². The fourth-order valence-electron chi connectivity index (χ4n) is 3.70. The zero-order valence-electron chi connectivity index (χ0n) is 16.6. The molecule has 0 bridgehead atoms. The van der Waals surface area contributed by atoms with E-state index in [1.807, 2.05) is 39.0 Å². The molecule has 2 fully saturated rings. The van der Waals surface area contributed by atoms with Crippen molar-refractivity contribution in [3.63, 3.8) is 0 Å². The van der Waals surface area contributed by atoms with Crippen LogP contribution in [0, 0.1) is 20.8 Å². The van der Waals surface area contributed by atoms with Gasteiger partial charge in [0.2, 0.25) is 5.95 Å². The number of carbonyl (C=O) groups is 1. The van der Waals surface area contributed by atoms with Crippen LogP contribution in [-0.2, 0) is 9.47 Å². The van der Waals surface area contributed by atoms with Crippen molar-refractivity contribution in [3.05, 3.63) is 46.8 Å². The Morgan fingerprint density at radius 1 is 1.07 bits per heavy atom. The van der Waals surface area contributed by atoms with Crippen molar-refractivity contribution < 1.29 is 14.3 Å². The Bertz CT molecular complexity index is 883. The smallest absolute Gasteiger partial charge is 0.274 e. The molecule has 0 radical (unpaired) electrons. The van der Waals surface area contributed by atoms with Gasteiger partial charge in [0.1, 0.15) is 5.69 Å². The second-order valence-corrected chi connectivity index (χ2v) is 7.56. The predicted octanol–water partition coefficient (Wildman–Crippen LogP) is 3.00. The zero-order chi connectivity index (χ0) is 19.7. The number of rotatable bonds is 3. The molecule has 0 saturated carbocycles. The Labute approximate surface area is 165 Å². The van der Waals surface area contributed by atoms with Crippen molar-refractivity contribution >= 4 is 17.5 Å². The Morgan fingerprint density at radius 2 is 1.79 bits per heavy atom. The highest BCUT2D eigenvalue weighted by atomic mass is 16.7. The Balaban J connectivity index is 1.51. The van der Waals surface area contributed by atoms with E-state index >= 15 is 0 Å². The number of nitrogens with zero attached hydrogens (tertiary/aromatic N) is 3. The SMILES string of the molecule is Cc1ccc(C)c(NC(=O)c2cc(C)nc(N3CCC4(CC3)OCCO4)n2)c1. The summed E-state index contributed by atoms with van der Waals surface area (Å²) in [6, 6.07) is 7.71.